The number of nitrogens with one attached hydrogen (secondary N) is 3. The molecule has 1 atom stereocenters. The molecule has 0 aliphatic carbocycles. The number of aromatic nitrogens is 5. The van der Waals surface area contributed by atoms with E-state index in [2.05, 4.69) is 41.1 Å². The largest absolute Gasteiger partial charge is 0.451 e. The minimum atomic E-state index is -4.60. The van der Waals surface area contributed by atoms with Crippen LogP contribution in [0.1, 0.15) is 30.1 Å². The number of halogens is 4. The molecule has 2 aromatic heterocycles. The van der Waals surface area contributed by atoms with Gasteiger partial charge in [0.05, 0.1) is 12.7 Å². The molecule has 39 heavy (non-hydrogen) atoms. The Labute approximate surface area is 225 Å². The van der Waals surface area contributed by atoms with Crippen molar-refractivity contribution >= 4 is 47.0 Å². The van der Waals surface area contributed by atoms with Crippen molar-refractivity contribution in [1.29, 1.82) is 0 Å². The van der Waals surface area contributed by atoms with E-state index in [-0.39, 0.29) is 31.4 Å². The van der Waals surface area contributed by atoms with Gasteiger partial charge < -0.3 is 25.4 Å². The van der Waals surface area contributed by atoms with Crippen LogP contribution < -0.4 is 16.0 Å². The average Bonchev–Trinajstić information content (AvgIpc) is 3.34. The number of nitrogens with zero attached hydrogens (tertiary/aromatic N) is 7. The van der Waals surface area contributed by atoms with Crippen molar-refractivity contribution < 1.29 is 18.0 Å². The van der Waals surface area contributed by atoms with Crippen molar-refractivity contribution in [2.45, 2.75) is 38.5 Å². The van der Waals surface area contributed by atoms with Gasteiger partial charge in [0.2, 0.25) is 11.8 Å². The molecule has 0 saturated heterocycles. The van der Waals surface area contributed by atoms with Gasteiger partial charge in [0.25, 0.3) is 0 Å². The maximum Gasteiger partial charge on any atom is 0.451 e. The van der Waals surface area contributed by atoms with E-state index in [9.17, 15) is 18.0 Å². The van der Waals surface area contributed by atoms with E-state index in [1.54, 1.807) is 18.3 Å². The first-order valence-corrected chi connectivity index (χ1v) is 12.6. The summed E-state index contributed by atoms with van der Waals surface area (Å²) in [7, 11) is 0. The third kappa shape index (κ3) is 5.24. The van der Waals surface area contributed by atoms with Gasteiger partial charge in [0.15, 0.2) is 11.6 Å². The number of alkyl halides is 3. The van der Waals surface area contributed by atoms with Crippen LogP contribution in [0.5, 0.6) is 0 Å². The van der Waals surface area contributed by atoms with Crippen molar-refractivity contribution in [3.05, 3.63) is 58.5 Å². The van der Waals surface area contributed by atoms with Gasteiger partial charge in [-0.15, -0.1) is 10.2 Å². The lowest BCUT2D eigenvalue weighted by molar-refractivity contribution is -0.147. The second-order valence-corrected chi connectivity index (χ2v) is 9.82. The lowest BCUT2D eigenvalue weighted by Gasteiger charge is -2.28. The van der Waals surface area contributed by atoms with Crippen molar-refractivity contribution in [2.75, 3.05) is 22.5 Å². The molecule has 3 aliphatic heterocycles. The van der Waals surface area contributed by atoms with E-state index in [1.807, 2.05) is 12.3 Å². The Balaban J connectivity index is 1.25. The number of urea groups is 1. The number of amides is 2. The maximum absolute atomic E-state index is 13.2. The number of hydrogen-bond acceptors (Lipinski definition) is 8. The highest BCUT2D eigenvalue weighted by Crippen LogP contribution is 2.32. The number of carbonyl (C=O) groups excluding carboxylic acids is 1. The van der Waals surface area contributed by atoms with Crippen LogP contribution in [0.25, 0.3) is 0 Å². The summed E-state index contributed by atoms with van der Waals surface area (Å²) in [5, 5.41) is 16.6. The fourth-order valence-corrected chi connectivity index (χ4v) is 4.91. The molecule has 0 radical (unpaired) electrons. The molecule has 6 rings (SSSR count). The van der Waals surface area contributed by atoms with Crippen LogP contribution >= 0.6 is 11.6 Å². The molecule has 11 nitrogen and oxygen atoms in total. The fraction of sp³-hybridized carbons (Fsp3) is 0.333. The van der Waals surface area contributed by atoms with Crippen molar-refractivity contribution in [3.63, 3.8) is 0 Å². The minimum Gasteiger partial charge on any atom is -0.339 e. The molecule has 3 aromatic rings. The summed E-state index contributed by atoms with van der Waals surface area (Å²) >= 11 is 6.33. The minimum absolute atomic E-state index is 0.0487. The first-order chi connectivity index (χ1) is 18.7. The predicted octanol–water partition coefficient (Wildman–Crippen LogP) is 4.82. The van der Waals surface area contributed by atoms with Crippen LogP contribution in [0.3, 0.4) is 0 Å². The number of fused-ring (bicyclic) bond motifs is 7. The first kappa shape index (κ1) is 25.1. The van der Waals surface area contributed by atoms with Gasteiger partial charge in [-0.3, -0.25) is 4.99 Å². The van der Waals surface area contributed by atoms with Gasteiger partial charge >= 0.3 is 12.2 Å². The Bertz CT molecular complexity index is 1500. The molecule has 2 amide bonds. The Morgan fingerprint density at radius 3 is 2.90 bits per heavy atom. The Morgan fingerprint density at radius 1 is 1.18 bits per heavy atom. The van der Waals surface area contributed by atoms with Gasteiger partial charge in [-0.25, -0.2) is 9.78 Å². The van der Waals surface area contributed by atoms with Crippen molar-refractivity contribution in [3.8, 4) is 0 Å². The molecule has 0 saturated carbocycles. The third-order valence-corrected chi connectivity index (χ3v) is 6.99. The molecule has 202 valence electrons. The zero-order valence-corrected chi connectivity index (χ0v) is 21.1. The summed E-state index contributed by atoms with van der Waals surface area (Å²) < 4.78 is 40.5. The number of allylic oxidation sites excluding steroid dienone is 1. The van der Waals surface area contributed by atoms with Crippen LogP contribution in [-0.2, 0) is 25.7 Å². The summed E-state index contributed by atoms with van der Waals surface area (Å²) in [4.78, 5) is 27.7. The number of aliphatic imine (C=N–C) groups is 1. The number of hydrogen-bond donors (Lipinski definition) is 3. The number of anilines is 4. The fourth-order valence-electron chi connectivity index (χ4n) is 4.77. The predicted molar refractivity (Wildman–Crippen MR) is 138 cm³/mol. The summed E-state index contributed by atoms with van der Waals surface area (Å²) in [6, 6.07) is 5.04. The van der Waals surface area contributed by atoms with E-state index >= 15 is 0 Å². The lowest BCUT2D eigenvalue weighted by Crippen LogP contribution is -2.41. The van der Waals surface area contributed by atoms with Crippen LogP contribution in [-0.4, -0.2) is 48.4 Å². The standard InChI is InChI=1S/C24H22ClF3N10O/c25-17-11-30-22-32-16-7-13(9-29-10-16)1-2-14-8-15(31-20(17)34-22)3-4-18(14)33-23(39)37-5-6-38-19(12-37)35-36-21(38)24(26,27)28/h3-4,8-11,13H,1-2,5-7,12H2,(H,33,39)(H2,30,31,32,34). The Kier molecular flexibility index (Phi) is 6.33. The molecule has 0 spiro atoms. The SMILES string of the molecule is O=C(Nc1ccc2cc1CCC1C=NC=C(C1)Nc1ncc(Cl)c(n1)N2)N1CCn2c(nnc2C(F)(F)F)C1. The van der Waals surface area contributed by atoms with Gasteiger partial charge in [0.1, 0.15) is 5.02 Å². The second kappa shape index (κ2) is 9.84. The zero-order valence-electron chi connectivity index (χ0n) is 20.3. The quantitative estimate of drug-likeness (QED) is 0.391. The molecule has 15 heteroatoms. The van der Waals surface area contributed by atoms with E-state index < -0.39 is 18.0 Å². The van der Waals surface area contributed by atoms with Crippen LogP contribution in [0, 0.1) is 5.92 Å². The highest BCUT2D eigenvalue weighted by Gasteiger charge is 2.40. The lowest BCUT2D eigenvalue weighted by atomic mass is 9.94. The van der Waals surface area contributed by atoms with Gasteiger partial charge in [-0.1, -0.05) is 11.6 Å². The molecular weight excluding hydrogens is 537 g/mol. The highest BCUT2D eigenvalue weighted by atomic mass is 35.5. The summed E-state index contributed by atoms with van der Waals surface area (Å²) in [6.45, 7) is -0.0455. The average molecular weight is 559 g/mol. The molecule has 1 aromatic carbocycles. The highest BCUT2D eigenvalue weighted by molar-refractivity contribution is 6.32. The van der Waals surface area contributed by atoms with Crippen LogP contribution in [0.15, 0.2) is 41.3 Å². The van der Waals surface area contributed by atoms with Crippen LogP contribution in [0.2, 0.25) is 5.02 Å². The van der Waals surface area contributed by atoms with E-state index in [0.717, 1.165) is 27.9 Å². The summed E-state index contributed by atoms with van der Waals surface area (Å²) in [6.07, 6.45) is 2.66. The van der Waals surface area contributed by atoms with Gasteiger partial charge in [0, 0.05) is 48.5 Å². The zero-order chi connectivity index (χ0) is 27.1. The number of aryl methyl sites for hydroxylation is 1. The van der Waals surface area contributed by atoms with Crippen molar-refractivity contribution in [1.82, 2.24) is 29.6 Å². The molecule has 6 bridgehead atoms. The first-order valence-electron chi connectivity index (χ1n) is 12.2. The summed E-state index contributed by atoms with van der Waals surface area (Å²) in [5.41, 5.74) is 3.06. The van der Waals surface area contributed by atoms with E-state index in [4.69, 9.17) is 11.6 Å². The normalized spacial score (nSPS) is 18.4. The van der Waals surface area contributed by atoms with Crippen molar-refractivity contribution in [2.24, 2.45) is 10.9 Å². The van der Waals surface area contributed by atoms with E-state index in [1.165, 1.54) is 11.1 Å². The second-order valence-electron chi connectivity index (χ2n) is 9.41. The number of benzene rings is 1. The van der Waals surface area contributed by atoms with Gasteiger partial charge in [-0.05, 0) is 43.0 Å². The topological polar surface area (TPSA) is 125 Å². The molecule has 5 heterocycles. The third-order valence-electron chi connectivity index (χ3n) is 6.71. The summed E-state index contributed by atoms with van der Waals surface area (Å²) in [5.74, 6) is 0.00300. The number of rotatable bonds is 1. The smallest absolute Gasteiger partial charge is 0.339 e. The molecule has 0 fully saturated rings. The van der Waals surface area contributed by atoms with Crippen LogP contribution in [0.4, 0.5) is 41.1 Å². The Hall–Kier alpha value is -4.20. The maximum atomic E-state index is 13.2. The molecule has 3 aliphatic rings. The molecule has 1 unspecified atom stereocenters. The molecule has 3 N–H and O–H groups in total. The Morgan fingerprint density at radius 2 is 2.05 bits per heavy atom. The van der Waals surface area contributed by atoms with E-state index in [0.29, 0.717) is 35.3 Å². The van der Waals surface area contributed by atoms with Gasteiger partial charge in [-0.2, -0.15) is 18.2 Å². The molecular formula is C24H22ClF3N10O. The number of carbonyl (C=O) groups is 1. The monoisotopic (exact) mass is 558 g/mol.